The van der Waals surface area contributed by atoms with E-state index in [4.69, 9.17) is 11.6 Å². The van der Waals surface area contributed by atoms with E-state index in [2.05, 4.69) is 21.2 Å². The maximum Gasteiger partial charge on any atom is 0.255 e. The van der Waals surface area contributed by atoms with Crippen LogP contribution in [-0.4, -0.2) is 22.9 Å². The van der Waals surface area contributed by atoms with Crippen LogP contribution in [0.3, 0.4) is 0 Å². The Balaban J connectivity index is 1.89. The van der Waals surface area contributed by atoms with Crippen molar-refractivity contribution < 1.29 is 9.90 Å². The van der Waals surface area contributed by atoms with Crippen LogP contribution in [0.15, 0.2) is 22.7 Å². The van der Waals surface area contributed by atoms with E-state index < -0.39 is 0 Å². The van der Waals surface area contributed by atoms with Crippen LogP contribution in [0.2, 0.25) is 0 Å². The molecule has 0 heterocycles. The molecule has 0 atom stereocenters. The smallest absolute Gasteiger partial charge is 0.255 e. The van der Waals surface area contributed by atoms with Crippen molar-refractivity contribution in [3.8, 4) is 5.75 Å². The maximum absolute atomic E-state index is 12.0. The lowest BCUT2D eigenvalue weighted by Crippen LogP contribution is -2.31. The average Bonchev–Trinajstić information content (AvgIpc) is 2.40. The summed E-state index contributed by atoms with van der Waals surface area (Å²) in [4.78, 5) is 12.0. The van der Waals surface area contributed by atoms with E-state index in [1.807, 2.05) is 0 Å². The molecule has 104 valence electrons. The number of carbonyl (C=O) groups excluding carboxylic acids is 1. The molecular formula is C14H17BrClNO2. The van der Waals surface area contributed by atoms with Crippen molar-refractivity contribution in [1.82, 2.24) is 5.32 Å². The van der Waals surface area contributed by atoms with Crippen LogP contribution in [0.4, 0.5) is 0 Å². The molecule has 0 radical (unpaired) electrons. The van der Waals surface area contributed by atoms with Crippen molar-refractivity contribution in [1.29, 1.82) is 0 Å². The van der Waals surface area contributed by atoms with Gasteiger partial charge in [0.2, 0.25) is 0 Å². The van der Waals surface area contributed by atoms with E-state index in [0.717, 1.165) is 30.2 Å². The second kappa shape index (κ2) is 6.62. The standard InChI is InChI=1S/C14H17BrClNO2/c15-10-3-6-13(18)12(7-10)14(19)17-8-9-1-4-11(16)5-2-9/h3,6-7,9,11,18H,1-2,4-5,8H2,(H,17,19). The van der Waals surface area contributed by atoms with Crippen LogP contribution in [0.25, 0.3) is 0 Å². The number of amides is 1. The van der Waals surface area contributed by atoms with E-state index in [1.54, 1.807) is 12.1 Å². The van der Waals surface area contributed by atoms with Crippen LogP contribution in [0.5, 0.6) is 5.75 Å². The van der Waals surface area contributed by atoms with Crippen LogP contribution >= 0.6 is 27.5 Å². The first-order chi connectivity index (χ1) is 9.06. The molecule has 5 heteroatoms. The Kier molecular flexibility index (Phi) is 5.11. The minimum Gasteiger partial charge on any atom is -0.507 e. The summed E-state index contributed by atoms with van der Waals surface area (Å²) in [6, 6.07) is 4.84. The first kappa shape index (κ1) is 14.7. The molecule has 1 aliphatic carbocycles. The minimum absolute atomic E-state index is 0.00478. The van der Waals surface area contributed by atoms with Crippen molar-refractivity contribution in [2.45, 2.75) is 31.1 Å². The van der Waals surface area contributed by atoms with E-state index in [-0.39, 0.29) is 11.7 Å². The molecule has 0 unspecified atom stereocenters. The first-order valence-electron chi connectivity index (χ1n) is 6.47. The summed E-state index contributed by atoms with van der Waals surface area (Å²) in [5.74, 6) is 0.269. The number of hydrogen-bond donors (Lipinski definition) is 2. The fourth-order valence-corrected chi connectivity index (χ4v) is 2.96. The fraction of sp³-hybridized carbons (Fsp3) is 0.500. The van der Waals surface area contributed by atoms with Gasteiger partial charge in [-0.3, -0.25) is 4.79 Å². The van der Waals surface area contributed by atoms with Gasteiger partial charge in [0.15, 0.2) is 0 Å². The Morgan fingerprint density at radius 1 is 1.37 bits per heavy atom. The highest BCUT2D eigenvalue weighted by Gasteiger charge is 2.20. The second-order valence-corrected chi connectivity index (χ2v) is 6.52. The molecule has 0 bridgehead atoms. The third kappa shape index (κ3) is 4.11. The number of alkyl halides is 1. The van der Waals surface area contributed by atoms with Gasteiger partial charge in [-0.2, -0.15) is 0 Å². The molecule has 1 saturated carbocycles. The third-order valence-electron chi connectivity index (χ3n) is 3.53. The molecule has 0 aromatic heterocycles. The summed E-state index contributed by atoms with van der Waals surface area (Å²) in [6.45, 7) is 0.647. The van der Waals surface area contributed by atoms with Gasteiger partial charge in [-0.1, -0.05) is 15.9 Å². The summed E-state index contributed by atoms with van der Waals surface area (Å²) < 4.78 is 0.776. The van der Waals surface area contributed by atoms with Gasteiger partial charge in [0.1, 0.15) is 5.75 Å². The molecule has 3 nitrogen and oxygen atoms in total. The number of hydrogen-bond acceptors (Lipinski definition) is 2. The SMILES string of the molecule is O=C(NCC1CCC(Cl)CC1)c1cc(Br)ccc1O. The third-order valence-corrected chi connectivity index (χ3v) is 4.46. The highest BCUT2D eigenvalue weighted by molar-refractivity contribution is 9.10. The Morgan fingerprint density at radius 3 is 2.74 bits per heavy atom. The van der Waals surface area contributed by atoms with E-state index in [0.29, 0.717) is 23.4 Å². The number of rotatable bonds is 3. The van der Waals surface area contributed by atoms with E-state index in [9.17, 15) is 9.90 Å². The quantitative estimate of drug-likeness (QED) is 0.820. The Labute approximate surface area is 126 Å². The van der Waals surface area contributed by atoms with Crippen molar-refractivity contribution >= 4 is 33.4 Å². The van der Waals surface area contributed by atoms with Crippen molar-refractivity contribution in [2.75, 3.05) is 6.54 Å². The molecule has 2 rings (SSSR count). The van der Waals surface area contributed by atoms with Gasteiger partial charge in [-0.05, 0) is 49.8 Å². The lowest BCUT2D eigenvalue weighted by molar-refractivity contribution is 0.0941. The fourth-order valence-electron chi connectivity index (χ4n) is 2.35. The summed E-state index contributed by atoms with van der Waals surface area (Å²) in [6.07, 6.45) is 4.15. The van der Waals surface area contributed by atoms with Gasteiger partial charge >= 0.3 is 0 Å². The number of phenols is 1. The van der Waals surface area contributed by atoms with Crippen molar-refractivity contribution in [3.05, 3.63) is 28.2 Å². The molecule has 1 fully saturated rings. The normalized spacial score (nSPS) is 23.1. The summed E-state index contributed by atoms with van der Waals surface area (Å²) in [5, 5.41) is 12.9. The van der Waals surface area contributed by atoms with Crippen LogP contribution in [0, 0.1) is 5.92 Å². The zero-order valence-corrected chi connectivity index (χ0v) is 12.9. The molecular weight excluding hydrogens is 330 g/mol. The van der Waals surface area contributed by atoms with Crippen molar-refractivity contribution in [3.63, 3.8) is 0 Å². The number of aromatic hydroxyl groups is 1. The molecule has 19 heavy (non-hydrogen) atoms. The van der Waals surface area contributed by atoms with Crippen LogP contribution < -0.4 is 5.32 Å². The minimum atomic E-state index is -0.230. The van der Waals surface area contributed by atoms with E-state index in [1.165, 1.54) is 6.07 Å². The van der Waals surface area contributed by atoms with Crippen molar-refractivity contribution in [2.24, 2.45) is 5.92 Å². The summed E-state index contributed by atoms with van der Waals surface area (Å²) >= 11 is 9.35. The topological polar surface area (TPSA) is 49.3 Å². The van der Waals surface area contributed by atoms with Gasteiger partial charge in [0, 0.05) is 16.4 Å². The van der Waals surface area contributed by atoms with E-state index >= 15 is 0 Å². The zero-order valence-electron chi connectivity index (χ0n) is 10.5. The average molecular weight is 347 g/mol. The number of benzene rings is 1. The molecule has 1 aromatic carbocycles. The predicted molar refractivity (Wildman–Crippen MR) is 79.7 cm³/mol. The summed E-state index contributed by atoms with van der Waals surface area (Å²) in [5.41, 5.74) is 0.306. The van der Waals surface area contributed by atoms with Gasteiger partial charge < -0.3 is 10.4 Å². The van der Waals surface area contributed by atoms with Gasteiger partial charge in [0.25, 0.3) is 5.91 Å². The largest absolute Gasteiger partial charge is 0.507 e. The van der Waals surface area contributed by atoms with Gasteiger partial charge in [-0.25, -0.2) is 0 Å². The van der Waals surface area contributed by atoms with Gasteiger partial charge in [-0.15, -0.1) is 11.6 Å². The lowest BCUT2D eigenvalue weighted by atomic mass is 9.89. The van der Waals surface area contributed by atoms with Crippen LogP contribution in [0.1, 0.15) is 36.0 Å². The Hall–Kier alpha value is -0.740. The predicted octanol–water partition coefficient (Wildman–Crippen LogP) is 3.68. The number of phenolic OH excluding ortho intramolecular Hbond substituents is 1. The Morgan fingerprint density at radius 2 is 2.05 bits per heavy atom. The second-order valence-electron chi connectivity index (χ2n) is 4.99. The van der Waals surface area contributed by atoms with Gasteiger partial charge in [0.05, 0.1) is 5.56 Å². The summed E-state index contributed by atoms with van der Waals surface area (Å²) in [7, 11) is 0. The zero-order chi connectivity index (χ0) is 13.8. The maximum atomic E-state index is 12.0. The molecule has 2 N–H and O–H groups in total. The number of nitrogens with one attached hydrogen (secondary N) is 1. The first-order valence-corrected chi connectivity index (χ1v) is 7.70. The molecule has 1 amide bonds. The highest BCUT2D eigenvalue weighted by atomic mass is 79.9. The monoisotopic (exact) mass is 345 g/mol. The molecule has 1 aromatic rings. The molecule has 0 spiro atoms. The number of halogens is 2. The molecule has 0 saturated heterocycles. The molecule has 1 aliphatic rings. The van der Waals surface area contributed by atoms with Crippen LogP contribution in [-0.2, 0) is 0 Å². The molecule has 0 aliphatic heterocycles. The number of carbonyl (C=O) groups is 1. The highest BCUT2D eigenvalue weighted by Crippen LogP contribution is 2.27. The Bertz CT molecular complexity index is 459. The lowest BCUT2D eigenvalue weighted by Gasteiger charge is -2.25.